The van der Waals surface area contributed by atoms with Crippen molar-refractivity contribution in [2.45, 2.75) is 13.5 Å². The summed E-state index contributed by atoms with van der Waals surface area (Å²) in [6.07, 6.45) is 1.81. The molecule has 0 saturated heterocycles. The molecule has 0 unspecified atom stereocenters. The van der Waals surface area contributed by atoms with Gasteiger partial charge in [0.1, 0.15) is 0 Å². The van der Waals surface area contributed by atoms with Crippen LogP contribution in [0, 0.1) is 0 Å². The Kier molecular flexibility index (Phi) is 2.71. The smallest absolute Gasteiger partial charge is 0.176 e. The molecule has 0 atom stereocenters. The molecular formula is C9H10ClNO. The quantitative estimate of drug-likeness (QED) is 0.660. The Morgan fingerprint density at radius 2 is 2.42 bits per heavy atom. The third-order valence-electron chi connectivity index (χ3n) is 1.53. The van der Waals surface area contributed by atoms with Crippen LogP contribution in [-0.4, -0.2) is 10.4 Å². The summed E-state index contributed by atoms with van der Waals surface area (Å²) < 4.78 is 1.78. The van der Waals surface area contributed by atoms with Gasteiger partial charge in [-0.15, -0.1) is 0 Å². The number of halogens is 1. The standard InChI is InChI=1S/C9H10ClNO/c1-7(10)6-11-5-3-4-9(11)8(2)12/h3-5H,1,6H2,2H3. The third kappa shape index (κ3) is 1.98. The monoisotopic (exact) mass is 183 g/mol. The van der Waals surface area contributed by atoms with Gasteiger partial charge in [-0.05, 0) is 12.1 Å². The molecule has 0 amide bonds. The van der Waals surface area contributed by atoms with Crippen LogP contribution in [0.4, 0.5) is 0 Å². The van der Waals surface area contributed by atoms with Crippen molar-refractivity contribution in [2.24, 2.45) is 0 Å². The van der Waals surface area contributed by atoms with Crippen molar-refractivity contribution >= 4 is 17.4 Å². The van der Waals surface area contributed by atoms with E-state index in [0.717, 1.165) is 0 Å². The highest BCUT2D eigenvalue weighted by Gasteiger charge is 2.04. The molecule has 0 N–H and O–H groups in total. The van der Waals surface area contributed by atoms with Crippen molar-refractivity contribution in [1.29, 1.82) is 0 Å². The van der Waals surface area contributed by atoms with Crippen molar-refractivity contribution in [2.75, 3.05) is 0 Å². The van der Waals surface area contributed by atoms with E-state index in [2.05, 4.69) is 6.58 Å². The number of ketones is 1. The van der Waals surface area contributed by atoms with Crippen LogP contribution in [-0.2, 0) is 6.54 Å². The van der Waals surface area contributed by atoms with Gasteiger partial charge in [-0.3, -0.25) is 4.79 Å². The van der Waals surface area contributed by atoms with E-state index in [0.29, 0.717) is 17.3 Å². The Bertz CT molecular complexity index is 314. The van der Waals surface area contributed by atoms with Crippen LogP contribution < -0.4 is 0 Å². The van der Waals surface area contributed by atoms with Crippen LogP contribution in [0.3, 0.4) is 0 Å². The molecule has 0 bridgehead atoms. The highest BCUT2D eigenvalue weighted by atomic mass is 35.5. The van der Waals surface area contributed by atoms with Crippen molar-refractivity contribution < 1.29 is 4.79 Å². The third-order valence-corrected chi connectivity index (χ3v) is 1.65. The Morgan fingerprint density at radius 1 is 1.75 bits per heavy atom. The first-order chi connectivity index (χ1) is 5.61. The number of carbonyl (C=O) groups is 1. The fourth-order valence-corrected chi connectivity index (χ4v) is 1.19. The fraction of sp³-hybridized carbons (Fsp3) is 0.222. The van der Waals surface area contributed by atoms with Crippen LogP contribution in [0.2, 0.25) is 0 Å². The molecule has 0 saturated carbocycles. The summed E-state index contributed by atoms with van der Waals surface area (Å²) in [5, 5.41) is 0.522. The maximum absolute atomic E-state index is 11.0. The lowest BCUT2D eigenvalue weighted by Gasteiger charge is -2.04. The molecule has 64 valence electrons. The van der Waals surface area contributed by atoms with E-state index in [9.17, 15) is 4.79 Å². The zero-order valence-corrected chi connectivity index (χ0v) is 7.64. The second kappa shape index (κ2) is 3.59. The summed E-state index contributed by atoms with van der Waals surface area (Å²) in [7, 11) is 0. The Balaban J connectivity index is 2.91. The van der Waals surface area contributed by atoms with E-state index in [1.54, 1.807) is 10.6 Å². The largest absolute Gasteiger partial charge is 0.340 e. The number of hydrogen-bond acceptors (Lipinski definition) is 1. The minimum absolute atomic E-state index is 0.0397. The maximum atomic E-state index is 11.0. The first-order valence-electron chi connectivity index (χ1n) is 3.60. The number of rotatable bonds is 3. The minimum atomic E-state index is 0.0397. The average molecular weight is 184 g/mol. The molecule has 0 radical (unpaired) electrons. The Morgan fingerprint density at radius 3 is 2.92 bits per heavy atom. The molecule has 1 heterocycles. The van der Waals surface area contributed by atoms with E-state index < -0.39 is 0 Å². The summed E-state index contributed by atoms with van der Waals surface area (Å²) in [5.41, 5.74) is 0.664. The van der Waals surface area contributed by atoms with Gasteiger partial charge in [0.15, 0.2) is 5.78 Å². The molecule has 0 aliphatic carbocycles. The molecule has 3 heteroatoms. The molecule has 1 aromatic rings. The van der Waals surface area contributed by atoms with Crippen LogP contribution in [0.15, 0.2) is 29.9 Å². The van der Waals surface area contributed by atoms with E-state index in [1.165, 1.54) is 6.92 Å². The number of carbonyl (C=O) groups excluding carboxylic acids is 1. The molecule has 1 rings (SSSR count). The van der Waals surface area contributed by atoms with Gasteiger partial charge in [0.25, 0.3) is 0 Å². The van der Waals surface area contributed by atoms with Crippen molar-refractivity contribution in [1.82, 2.24) is 4.57 Å². The summed E-state index contributed by atoms with van der Waals surface area (Å²) in [6.45, 7) is 5.58. The number of allylic oxidation sites excluding steroid dienone is 1. The second-order valence-electron chi connectivity index (χ2n) is 2.59. The zero-order chi connectivity index (χ0) is 9.14. The van der Waals surface area contributed by atoms with Gasteiger partial charge in [0.05, 0.1) is 12.2 Å². The molecule has 0 spiro atoms. The molecule has 12 heavy (non-hydrogen) atoms. The van der Waals surface area contributed by atoms with Gasteiger partial charge in [0.2, 0.25) is 0 Å². The highest BCUT2D eigenvalue weighted by Crippen LogP contribution is 2.08. The van der Waals surface area contributed by atoms with Gasteiger partial charge in [-0.2, -0.15) is 0 Å². The second-order valence-corrected chi connectivity index (χ2v) is 3.13. The zero-order valence-electron chi connectivity index (χ0n) is 6.88. The van der Waals surface area contributed by atoms with Crippen LogP contribution in [0.25, 0.3) is 0 Å². The molecular weight excluding hydrogens is 174 g/mol. The van der Waals surface area contributed by atoms with Crippen LogP contribution in [0.5, 0.6) is 0 Å². The average Bonchev–Trinajstić information content (AvgIpc) is 2.33. The predicted molar refractivity (Wildman–Crippen MR) is 49.4 cm³/mol. The normalized spacial score (nSPS) is 9.83. The van der Waals surface area contributed by atoms with Gasteiger partial charge < -0.3 is 4.57 Å². The number of nitrogens with zero attached hydrogens (tertiary/aromatic N) is 1. The summed E-state index contributed by atoms with van der Waals surface area (Å²) >= 11 is 5.62. The van der Waals surface area contributed by atoms with E-state index in [4.69, 9.17) is 11.6 Å². The summed E-state index contributed by atoms with van der Waals surface area (Å²) in [4.78, 5) is 11.0. The lowest BCUT2D eigenvalue weighted by molar-refractivity contribution is 0.100. The minimum Gasteiger partial charge on any atom is -0.340 e. The molecule has 0 aromatic carbocycles. The summed E-state index contributed by atoms with van der Waals surface area (Å²) in [6, 6.07) is 3.58. The Hall–Kier alpha value is -1.02. The Labute approximate surface area is 76.5 Å². The van der Waals surface area contributed by atoms with Gasteiger partial charge in [-0.1, -0.05) is 18.2 Å². The highest BCUT2D eigenvalue weighted by molar-refractivity contribution is 6.29. The molecule has 0 aliphatic rings. The summed E-state index contributed by atoms with van der Waals surface area (Å²) in [5.74, 6) is 0.0397. The van der Waals surface area contributed by atoms with Gasteiger partial charge in [-0.25, -0.2) is 0 Å². The lowest BCUT2D eigenvalue weighted by Crippen LogP contribution is -2.05. The maximum Gasteiger partial charge on any atom is 0.176 e. The molecule has 0 fully saturated rings. The van der Waals surface area contributed by atoms with Crippen molar-refractivity contribution in [3.63, 3.8) is 0 Å². The first-order valence-corrected chi connectivity index (χ1v) is 3.98. The molecule has 1 aromatic heterocycles. The number of aromatic nitrogens is 1. The fourth-order valence-electron chi connectivity index (χ4n) is 1.06. The number of Topliss-reactive ketones (excluding diaryl/α,β-unsaturated/α-hetero) is 1. The molecule has 2 nitrogen and oxygen atoms in total. The first kappa shape index (κ1) is 9.07. The predicted octanol–water partition coefficient (Wildman–Crippen LogP) is 2.44. The van der Waals surface area contributed by atoms with Gasteiger partial charge in [0, 0.05) is 18.2 Å². The van der Waals surface area contributed by atoms with Gasteiger partial charge >= 0.3 is 0 Å². The lowest BCUT2D eigenvalue weighted by atomic mass is 10.3. The van der Waals surface area contributed by atoms with Crippen LogP contribution in [0.1, 0.15) is 17.4 Å². The van der Waals surface area contributed by atoms with Crippen molar-refractivity contribution in [3.05, 3.63) is 35.6 Å². The number of hydrogen-bond donors (Lipinski definition) is 0. The molecule has 0 aliphatic heterocycles. The SMILES string of the molecule is C=C(Cl)Cn1cccc1C(C)=O. The van der Waals surface area contributed by atoms with E-state index >= 15 is 0 Å². The van der Waals surface area contributed by atoms with E-state index in [1.807, 2.05) is 12.3 Å². The topological polar surface area (TPSA) is 22.0 Å². The van der Waals surface area contributed by atoms with E-state index in [-0.39, 0.29) is 5.78 Å². The van der Waals surface area contributed by atoms with Crippen LogP contribution >= 0.6 is 11.6 Å². The van der Waals surface area contributed by atoms with Crippen molar-refractivity contribution in [3.8, 4) is 0 Å².